The summed E-state index contributed by atoms with van der Waals surface area (Å²) in [5.41, 5.74) is 5.82. The summed E-state index contributed by atoms with van der Waals surface area (Å²) in [5.74, 6) is -0.0247. The Morgan fingerprint density at radius 3 is 2.79 bits per heavy atom. The molecule has 2 atom stereocenters. The van der Waals surface area contributed by atoms with Crippen LogP contribution in [0.15, 0.2) is 23.1 Å². The van der Waals surface area contributed by atoms with Gasteiger partial charge in [0.05, 0.1) is 5.69 Å². The molecule has 1 aromatic rings. The highest BCUT2D eigenvalue weighted by Crippen LogP contribution is 2.28. The fourth-order valence-electron chi connectivity index (χ4n) is 2.44. The summed E-state index contributed by atoms with van der Waals surface area (Å²) in [6, 6.07) is 4.06. The zero-order valence-electron chi connectivity index (χ0n) is 10.3. The third-order valence-corrected chi connectivity index (χ3v) is 5.26. The highest BCUT2D eigenvalue weighted by molar-refractivity contribution is 7.89. The molecule has 0 amide bonds. The molecule has 0 heterocycles. The van der Waals surface area contributed by atoms with Crippen molar-refractivity contribution in [2.24, 2.45) is 5.92 Å². The number of anilines is 1. The van der Waals surface area contributed by atoms with Crippen LogP contribution in [-0.4, -0.2) is 26.2 Å². The Morgan fingerprint density at radius 1 is 1.42 bits per heavy atom. The lowest BCUT2D eigenvalue weighted by Gasteiger charge is -2.19. The van der Waals surface area contributed by atoms with Crippen LogP contribution in [0.1, 0.15) is 19.3 Å². The highest BCUT2D eigenvalue weighted by Gasteiger charge is 2.31. The van der Waals surface area contributed by atoms with Crippen molar-refractivity contribution >= 4 is 27.3 Å². The number of aliphatic hydroxyl groups excluding tert-OH is 1. The number of aliphatic hydroxyl groups is 1. The molecule has 19 heavy (non-hydrogen) atoms. The molecule has 5 nitrogen and oxygen atoms in total. The molecule has 1 fully saturated rings. The largest absolute Gasteiger partial charge is 0.398 e. The highest BCUT2D eigenvalue weighted by atomic mass is 35.5. The first-order valence-corrected chi connectivity index (χ1v) is 7.98. The standard InChI is InChI=1S/C12H17ClN2O3S/c13-9-4-5-12(10(14)6-9)19(17,18)15-11-3-1-2-8(11)7-16/h4-6,8,11,15-16H,1-3,7,14H2. The number of rotatable bonds is 4. The lowest BCUT2D eigenvalue weighted by molar-refractivity contribution is 0.213. The molecule has 1 aliphatic rings. The fraction of sp³-hybridized carbons (Fsp3) is 0.500. The summed E-state index contributed by atoms with van der Waals surface area (Å²) in [7, 11) is -3.68. The molecule has 4 N–H and O–H groups in total. The minimum atomic E-state index is -3.68. The Balaban J connectivity index is 2.23. The molecule has 0 aromatic heterocycles. The van der Waals surface area contributed by atoms with Crippen LogP contribution >= 0.6 is 11.6 Å². The summed E-state index contributed by atoms with van der Waals surface area (Å²) in [6.45, 7) is -0.0106. The van der Waals surface area contributed by atoms with Crippen LogP contribution in [0.5, 0.6) is 0 Å². The number of nitrogens with one attached hydrogen (secondary N) is 1. The Labute approximate surface area is 117 Å². The maximum atomic E-state index is 12.3. The van der Waals surface area contributed by atoms with E-state index in [0.717, 1.165) is 19.3 Å². The summed E-state index contributed by atoms with van der Waals surface area (Å²) >= 11 is 5.75. The number of benzene rings is 1. The maximum Gasteiger partial charge on any atom is 0.242 e. The van der Waals surface area contributed by atoms with E-state index in [0.29, 0.717) is 5.02 Å². The zero-order chi connectivity index (χ0) is 14.0. The van der Waals surface area contributed by atoms with Gasteiger partial charge in [-0.25, -0.2) is 13.1 Å². The van der Waals surface area contributed by atoms with E-state index in [-0.39, 0.29) is 29.1 Å². The van der Waals surface area contributed by atoms with Crippen molar-refractivity contribution in [2.75, 3.05) is 12.3 Å². The van der Waals surface area contributed by atoms with Crippen LogP contribution in [0.25, 0.3) is 0 Å². The van der Waals surface area contributed by atoms with Gasteiger partial charge in [0.1, 0.15) is 4.90 Å². The zero-order valence-corrected chi connectivity index (χ0v) is 11.9. The second kappa shape index (κ2) is 5.66. The van der Waals surface area contributed by atoms with Crippen molar-refractivity contribution < 1.29 is 13.5 Å². The molecular formula is C12H17ClN2O3S. The Hall–Kier alpha value is -0.820. The first kappa shape index (κ1) is 14.6. The van der Waals surface area contributed by atoms with E-state index in [4.69, 9.17) is 17.3 Å². The average Bonchev–Trinajstić information content (AvgIpc) is 2.74. The fourth-order valence-corrected chi connectivity index (χ4v) is 4.07. The first-order valence-electron chi connectivity index (χ1n) is 6.12. The van der Waals surface area contributed by atoms with Gasteiger partial charge in [0.15, 0.2) is 0 Å². The van der Waals surface area contributed by atoms with E-state index in [1.165, 1.54) is 18.2 Å². The summed E-state index contributed by atoms with van der Waals surface area (Å²) in [4.78, 5) is 0.0282. The van der Waals surface area contributed by atoms with Crippen molar-refractivity contribution in [1.82, 2.24) is 4.72 Å². The van der Waals surface area contributed by atoms with E-state index in [1.807, 2.05) is 0 Å². The van der Waals surface area contributed by atoms with Crippen LogP contribution in [0.2, 0.25) is 5.02 Å². The van der Waals surface area contributed by atoms with Gasteiger partial charge in [-0.2, -0.15) is 0 Å². The number of nitrogen functional groups attached to an aromatic ring is 1. The molecule has 2 unspecified atom stereocenters. The molecule has 1 saturated carbocycles. The SMILES string of the molecule is Nc1cc(Cl)ccc1S(=O)(=O)NC1CCCC1CO. The number of sulfonamides is 1. The van der Waals surface area contributed by atoms with E-state index in [9.17, 15) is 13.5 Å². The Bertz CT molecular complexity index is 562. The van der Waals surface area contributed by atoms with E-state index >= 15 is 0 Å². The third kappa shape index (κ3) is 3.20. The van der Waals surface area contributed by atoms with E-state index in [1.54, 1.807) is 0 Å². The topological polar surface area (TPSA) is 92.4 Å². The number of hydrogen-bond donors (Lipinski definition) is 3. The summed E-state index contributed by atoms with van der Waals surface area (Å²) in [6.07, 6.45) is 2.48. The Morgan fingerprint density at radius 2 is 2.16 bits per heavy atom. The number of halogens is 1. The van der Waals surface area contributed by atoms with Crippen LogP contribution < -0.4 is 10.5 Å². The maximum absolute atomic E-state index is 12.3. The van der Waals surface area contributed by atoms with Crippen molar-refractivity contribution in [3.8, 4) is 0 Å². The first-order chi connectivity index (χ1) is 8.94. The van der Waals surface area contributed by atoms with Crippen LogP contribution in [0, 0.1) is 5.92 Å². The molecule has 1 aliphatic carbocycles. The van der Waals surface area contributed by atoms with Gasteiger partial charge in [0.2, 0.25) is 10.0 Å². The monoisotopic (exact) mass is 304 g/mol. The minimum absolute atomic E-state index is 0.0106. The van der Waals surface area contributed by atoms with Crippen molar-refractivity contribution in [1.29, 1.82) is 0 Å². The molecule has 2 rings (SSSR count). The van der Waals surface area contributed by atoms with Crippen molar-refractivity contribution in [3.05, 3.63) is 23.2 Å². The van der Waals surface area contributed by atoms with Gasteiger partial charge < -0.3 is 10.8 Å². The Kier molecular flexibility index (Phi) is 4.35. The molecule has 7 heteroatoms. The summed E-state index contributed by atoms with van der Waals surface area (Å²) < 4.78 is 27.2. The van der Waals surface area contributed by atoms with Gasteiger partial charge in [-0.1, -0.05) is 18.0 Å². The smallest absolute Gasteiger partial charge is 0.242 e. The lowest BCUT2D eigenvalue weighted by Crippen LogP contribution is -2.38. The molecule has 0 bridgehead atoms. The normalized spacial score (nSPS) is 23.7. The minimum Gasteiger partial charge on any atom is -0.398 e. The summed E-state index contributed by atoms with van der Waals surface area (Å²) in [5, 5.41) is 9.61. The quantitative estimate of drug-likeness (QED) is 0.732. The number of hydrogen-bond acceptors (Lipinski definition) is 4. The van der Waals surface area contributed by atoms with E-state index in [2.05, 4.69) is 4.72 Å². The molecule has 0 saturated heterocycles. The second-order valence-electron chi connectivity index (χ2n) is 4.78. The molecular weight excluding hydrogens is 288 g/mol. The van der Waals surface area contributed by atoms with Crippen molar-refractivity contribution in [2.45, 2.75) is 30.2 Å². The van der Waals surface area contributed by atoms with E-state index < -0.39 is 10.0 Å². The predicted octanol–water partition coefficient (Wildman–Crippen LogP) is 1.36. The van der Waals surface area contributed by atoms with Crippen molar-refractivity contribution in [3.63, 3.8) is 0 Å². The van der Waals surface area contributed by atoms with Gasteiger partial charge in [-0.05, 0) is 37.0 Å². The van der Waals surface area contributed by atoms with Crippen LogP contribution in [-0.2, 0) is 10.0 Å². The molecule has 1 aromatic carbocycles. The predicted molar refractivity (Wildman–Crippen MR) is 74.4 cm³/mol. The molecule has 0 radical (unpaired) electrons. The van der Waals surface area contributed by atoms with Gasteiger partial charge in [-0.15, -0.1) is 0 Å². The second-order valence-corrected chi connectivity index (χ2v) is 6.90. The van der Waals surface area contributed by atoms with Gasteiger partial charge in [0, 0.05) is 17.7 Å². The molecule has 0 aliphatic heterocycles. The third-order valence-electron chi connectivity index (χ3n) is 3.46. The van der Waals surface area contributed by atoms with Crippen LogP contribution in [0.3, 0.4) is 0 Å². The lowest BCUT2D eigenvalue weighted by atomic mass is 10.1. The van der Waals surface area contributed by atoms with Gasteiger partial charge in [-0.3, -0.25) is 0 Å². The molecule has 0 spiro atoms. The number of nitrogens with two attached hydrogens (primary N) is 1. The molecule has 106 valence electrons. The van der Waals surface area contributed by atoms with Crippen LogP contribution in [0.4, 0.5) is 5.69 Å². The van der Waals surface area contributed by atoms with Gasteiger partial charge >= 0.3 is 0 Å². The average molecular weight is 305 g/mol. The van der Waals surface area contributed by atoms with Gasteiger partial charge in [0.25, 0.3) is 0 Å².